The number of carbonyl (C=O) groups excluding carboxylic acids is 1. The lowest BCUT2D eigenvalue weighted by molar-refractivity contribution is -0.914. The van der Waals surface area contributed by atoms with E-state index in [0.717, 1.165) is 42.4 Å². The number of ether oxygens (including phenoxy) is 1. The molecule has 2 heterocycles. The second-order valence-corrected chi connectivity index (χ2v) is 8.00. The lowest BCUT2D eigenvalue weighted by Crippen LogP contribution is -3.10. The van der Waals surface area contributed by atoms with E-state index in [1.807, 2.05) is 42.1 Å². The number of nitrogens with zero attached hydrogens (tertiary/aromatic N) is 1. The van der Waals surface area contributed by atoms with Gasteiger partial charge in [-0.15, -0.1) is 0 Å². The van der Waals surface area contributed by atoms with Gasteiger partial charge in [0.2, 0.25) is 5.78 Å². The number of hydrogen-bond donors (Lipinski definition) is 1. The maximum absolute atomic E-state index is 13.0. The third-order valence-corrected chi connectivity index (χ3v) is 5.75. The number of ketones is 1. The number of aryl methyl sites for hydroxylation is 1. The number of nitrogens with one attached hydrogen (secondary N) is 1. The fraction of sp³-hybridized carbons (Fsp3) is 0.320. The molecule has 0 amide bonds. The maximum atomic E-state index is 13.0. The Morgan fingerprint density at radius 2 is 1.83 bits per heavy atom. The molecule has 2 aromatic carbocycles. The summed E-state index contributed by atoms with van der Waals surface area (Å²) < 4.78 is 8.07. The monoisotopic (exact) mass is 404 g/mol. The van der Waals surface area contributed by atoms with Crippen molar-refractivity contribution >= 4 is 22.8 Å². The number of hydrogen-bond acceptors (Lipinski definition) is 3. The van der Waals surface area contributed by atoms with Gasteiger partial charge in [-0.1, -0.05) is 43.9 Å². The summed E-state index contributed by atoms with van der Waals surface area (Å²) in [7, 11) is 1.98. The molecule has 0 saturated heterocycles. The zero-order valence-corrected chi connectivity index (χ0v) is 17.8. The van der Waals surface area contributed by atoms with Crippen LogP contribution in [0.3, 0.4) is 0 Å². The summed E-state index contributed by atoms with van der Waals surface area (Å²) >= 11 is 0. The van der Waals surface area contributed by atoms with Crippen molar-refractivity contribution < 1.29 is 19.5 Å². The number of quaternary nitrogens is 1. The van der Waals surface area contributed by atoms with E-state index in [2.05, 4.69) is 13.8 Å². The van der Waals surface area contributed by atoms with E-state index in [9.17, 15) is 9.90 Å². The van der Waals surface area contributed by atoms with Crippen LogP contribution in [0.5, 0.6) is 11.5 Å². The molecule has 0 atom stereocenters. The minimum atomic E-state index is -0.160. The molecule has 1 aromatic heterocycles. The fourth-order valence-corrected chi connectivity index (χ4v) is 4.34. The molecule has 0 radical (unpaired) electrons. The fourth-order valence-electron chi connectivity index (χ4n) is 4.34. The number of aromatic nitrogens is 1. The highest BCUT2D eigenvalue weighted by atomic mass is 16.5. The standard InChI is InChI=1S/C25H28N2O3/c1-4-12-27(13-5-2)16-20-22(28)11-10-19-24(29)23(30-25(19)20)14-17-15-26(3)21-9-7-6-8-18(17)21/h6-11,14-15,28H,4-5,12-13,16H2,1-3H3. The Morgan fingerprint density at radius 1 is 1.10 bits per heavy atom. The zero-order valence-electron chi connectivity index (χ0n) is 17.8. The quantitative estimate of drug-likeness (QED) is 0.616. The van der Waals surface area contributed by atoms with Gasteiger partial charge in [0.15, 0.2) is 5.76 Å². The predicted molar refractivity (Wildman–Crippen MR) is 117 cm³/mol. The Balaban J connectivity index is 1.71. The number of Topliss-reactive ketones (excluding diaryl/α,β-unsaturated/α-hetero) is 1. The van der Waals surface area contributed by atoms with Crippen LogP contribution in [-0.4, -0.2) is 23.4 Å². The lowest BCUT2D eigenvalue weighted by Gasteiger charge is -2.23. The summed E-state index contributed by atoms with van der Waals surface area (Å²) in [4.78, 5) is 14.4. The Morgan fingerprint density at radius 3 is 2.57 bits per heavy atom. The highest BCUT2D eigenvalue weighted by Crippen LogP contribution is 2.38. The Kier molecular flexibility index (Phi) is 5.64. The summed E-state index contributed by atoms with van der Waals surface area (Å²) in [6.45, 7) is 6.86. The first kappa shape index (κ1) is 20.2. The summed E-state index contributed by atoms with van der Waals surface area (Å²) in [5.41, 5.74) is 3.12. The molecule has 0 spiro atoms. The number of rotatable bonds is 7. The molecule has 1 aliphatic heterocycles. The van der Waals surface area contributed by atoms with Crippen molar-refractivity contribution in [1.82, 2.24) is 4.57 Å². The van der Waals surface area contributed by atoms with Crippen LogP contribution in [-0.2, 0) is 13.6 Å². The lowest BCUT2D eigenvalue weighted by atomic mass is 10.0. The van der Waals surface area contributed by atoms with Crippen LogP contribution in [0.25, 0.3) is 17.0 Å². The van der Waals surface area contributed by atoms with Crippen molar-refractivity contribution in [2.75, 3.05) is 13.1 Å². The van der Waals surface area contributed by atoms with Crippen molar-refractivity contribution in [2.24, 2.45) is 7.05 Å². The van der Waals surface area contributed by atoms with E-state index in [4.69, 9.17) is 4.74 Å². The molecule has 3 aromatic rings. The van der Waals surface area contributed by atoms with E-state index in [-0.39, 0.29) is 17.3 Å². The first-order chi connectivity index (χ1) is 14.5. The molecule has 0 saturated carbocycles. The topological polar surface area (TPSA) is 58.7 Å². The van der Waals surface area contributed by atoms with Gasteiger partial charge in [-0.05, 0) is 31.1 Å². The number of benzene rings is 2. The molecule has 5 nitrogen and oxygen atoms in total. The second kappa shape index (κ2) is 8.36. The van der Waals surface area contributed by atoms with Gasteiger partial charge in [-0.25, -0.2) is 0 Å². The highest BCUT2D eigenvalue weighted by molar-refractivity contribution is 6.15. The Bertz CT molecular complexity index is 1120. The maximum Gasteiger partial charge on any atom is 0.231 e. The van der Waals surface area contributed by atoms with E-state index >= 15 is 0 Å². The number of fused-ring (bicyclic) bond motifs is 2. The van der Waals surface area contributed by atoms with Gasteiger partial charge in [0.1, 0.15) is 12.3 Å². The van der Waals surface area contributed by atoms with Crippen LogP contribution < -0.4 is 14.7 Å². The SMILES string of the molecule is CCC[NH+](CCC)Cc1c([O-])ccc2c1OC(=Cc1cn(C)c3ccccc13)C2=O. The smallest absolute Gasteiger partial charge is 0.231 e. The molecular weight excluding hydrogens is 376 g/mol. The minimum Gasteiger partial charge on any atom is -0.872 e. The average Bonchev–Trinajstić information content (AvgIpc) is 3.22. The van der Waals surface area contributed by atoms with Crippen LogP contribution in [0.1, 0.15) is 48.2 Å². The van der Waals surface area contributed by atoms with Gasteiger partial charge in [0.05, 0.1) is 18.7 Å². The molecule has 0 unspecified atom stereocenters. The van der Waals surface area contributed by atoms with Crippen molar-refractivity contribution in [3.05, 3.63) is 65.0 Å². The first-order valence-electron chi connectivity index (χ1n) is 10.7. The van der Waals surface area contributed by atoms with Crippen LogP contribution in [0.2, 0.25) is 0 Å². The summed E-state index contributed by atoms with van der Waals surface area (Å²) in [5, 5.41) is 13.7. The van der Waals surface area contributed by atoms with Crippen molar-refractivity contribution in [1.29, 1.82) is 0 Å². The van der Waals surface area contributed by atoms with E-state index in [1.54, 1.807) is 12.1 Å². The first-order valence-corrected chi connectivity index (χ1v) is 10.7. The summed E-state index contributed by atoms with van der Waals surface area (Å²) in [6.07, 6.45) is 5.88. The van der Waals surface area contributed by atoms with Crippen molar-refractivity contribution in [2.45, 2.75) is 33.2 Å². The number of carbonyl (C=O) groups is 1. The Labute approximate surface area is 177 Å². The molecule has 30 heavy (non-hydrogen) atoms. The van der Waals surface area contributed by atoms with Crippen LogP contribution in [0, 0.1) is 0 Å². The highest BCUT2D eigenvalue weighted by Gasteiger charge is 2.31. The summed E-state index contributed by atoms with van der Waals surface area (Å²) in [5.74, 6) is 0.508. The molecule has 0 bridgehead atoms. The normalized spacial score (nSPS) is 14.7. The van der Waals surface area contributed by atoms with E-state index in [0.29, 0.717) is 23.4 Å². The molecule has 0 aliphatic carbocycles. The molecule has 4 rings (SSSR count). The van der Waals surface area contributed by atoms with Gasteiger partial charge in [0.25, 0.3) is 0 Å². The molecule has 5 heteroatoms. The molecule has 0 fully saturated rings. The van der Waals surface area contributed by atoms with Gasteiger partial charge in [0, 0.05) is 35.3 Å². The van der Waals surface area contributed by atoms with Gasteiger partial charge < -0.3 is 19.3 Å². The third kappa shape index (κ3) is 3.61. The number of para-hydroxylation sites is 1. The van der Waals surface area contributed by atoms with Gasteiger partial charge in [-0.2, -0.15) is 0 Å². The zero-order chi connectivity index (χ0) is 21.3. The molecule has 1 aliphatic rings. The van der Waals surface area contributed by atoms with E-state index in [1.165, 1.54) is 11.0 Å². The van der Waals surface area contributed by atoms with Crippen molar-refractivity contribution in [3.8, 4) is 11.5 Å². The van der Waals surface area contributed by atoms with E-state index < -0.39 is 0 Å². The van der Waals surface area contributed by atoms with Gasteiger partial charge >= 0.3 is 0 Å². The summed E-state index contributed by atoms with van der Waals surface area (Å²) in [6, 6.07) is 11.2. The largest absolute Gasteiger partial charge is 0.872 e. The molecule has 1 N–H and O–H groups in total. The average molecular weight is 405 g/mol. The second-order valence-electron chi connectivity index (χ2n) is 8.00. The predicted octanol–water partition coefficient (Wildman–Crippen LogP) is 3.07. The third-order valence-electron chi connectivity index (χ3n) is 5.75. The van der Waals surface area contributed by atoms with Crippen LogP contribution in [0.4, 0.5) is 0 Å². The number of allylic oxidation sites excluding steroid dienone is 1. The minimum absolute atomic E-state index is 0.0577. The van der Waals surface area contributed by atoms with Crippen LogP contribution >= 0.6 is 0 Å². The molecular formula is C25H28N2O3. The van der Waals surface area contributed by atoms with Crippen LogP contribution in [0.15, 0.2) is 48.4 Å². The Hall–Kier alpha value is -3.05. The van der Waals surface area contributed by atoms with Crippen molar-refractivity contribution in [3.63, 3.8) is 0 Å². The van der Waals surface area contributed by atoms with Gasteiger partial charge in [-0.3, -0.25) is 4.79 Å². The molecule has 156 valence electrons.